The van der Waals surface area contributed by atoms with Crippen LogP contribution in [0, 0.1) is 0 Å². The quantitative estimate of drug-likeness (QED) is 0.603. The predicted octanol–water partition coefficient (Wildman–Crippen LogP) is 1.95. The number of anilines is 1. The Morgan fingerprint density at radius 2 is 1.80 bits per heavy atom. The molecule has 1 aliphatic heterocycles. The summed E-state index contributed by atoms with van der Waals surface area (Å²) in [5.41, 5.74) is 1.94. The average Bonchev–Trinajstić information content (AvgIpc) is 3.03. The molecule has 2 aliphatic rings. The van der Waals surface area contributed by atoms with Gasteiger partial charge in [-0.1, -0.05) is 30.3 Å². The third-order valence-electron chi connectivity index (χ3n) is 5.67. The first-order chi connectivity index (χ1) is 14.4. The molecule has 5 rings (SSSR count). The summed E-state index contributed by atoms with van der Waals surface area (Å²) in [7, 11) is 2.97. The van der Waals surface area contributed by atoms with Crippen LogP contribution in [0.25, 0.3) is 5.70 Å². The van der Waals surface area contributed by atoms with Crippen LogP contribution in [0.5, 0.6) is 11.5 Å². The lowest BCUT2D eigenvalue weighted by atomic mass is 9.81. The van der Waals surface area contributed by atoms with Crippen LogP contribution in [0.2, 0.25) is 0 Å². The predicted molar refractivity (Wildman–Crippen MR) is 110 cm³/mol. The number of nitrogens with one attached hydrogen (secondary N) is 2. The second kappa shape index (κ2) is 6.21. The molecular weight excluding hydrogens is 386 g/mol. The zero-order valence-corrected chi connectivity index (χ0v) is 16.1. The van der Waals surface area contributed by atoms with E-state index >= 15 is 0 Å². The van der Waals surface area contributed by atoms with Crippen LogP contribution in [-0.4, -0.2) is 27.6 Å². The van der Waals surface area contributed by atoms with E-state index in [1.807, 2.05) is 12.1 Å². The Hall–Kier alpha value is -4.07. The van der Waals surface area contributed by atoms with Gasteiger partial charge in [-0.05, 0) is 17.7 Å². The number of carbonyl (C=O) groups is 1. The molecule has 0 spiro atoms. The summed E-state index contributed by atoms with van der Waals surface area (Å²) < 4.78 is 6.55. The zero-order valence-electron chi connectivity index (χ0n) is 16.1. The van der Waals surface area contributed by atoms with E-state index in [1.54, 1.807) is 31.3 Å². The van der Waals surface area contributed by atoms with Crippen LogP contribution < -0.4 is 21.3 Å². The van der Waals surface area contributed by atoms with E-state index in [2.05, 4.69) is 10.3 Å². The van der Waals surface area contributed by atoms with Crippen LogP contribution in [0.4, 0.5) is 5.82 Å². The van der Waals surface area contributed by atoms with Crippen molar-refractivity contribution in [3.63, 3.8) is 0 Å². The number of aromatic hydroxyl groups is 1. The summed E-state index contributed by atoms with van der Waals surface area (Å²) in [5, 5.41) is 13.2. The number of allylic oxidation sites excluding steroid dienone is 1. The molecule has 2 heterocycles. The maximum atomic E-state index is 13.3. The van der Waals surface area contributed by atoms with Crippen LogP contribution in [-0.2, 0) is 7.05 Å². The Morgan fingerprint density at radius 3 is 2.53 bits per heavy atom. The number of hydrogen-bond acceptors (Lipinski definition) is 6. The van der Waals surface area contributed by atoms with Gasteiger partial charge in [-0.15, -0.1) is 0 Å². The number of ketones is 1. The summed E-state index contributed by atoms with van der Waals surface area (Å²) in [6, 6.07) is 11.9. The molecule has 0 amide bonds. The Bertz CT molecular complexity index is 1400. The van der Waals surface area contributed by atoms with E-state index in [4.69, 9.17) is 4.74 Å². The topological polar surface area (TPSA) is 113 Å². The van der Waals surface area contributed by atoms with Gasteiger partial charge >= 0.3 is 5.69 Å². The fourth-order valence-electron chi connectivity index (χ4n) is 4.24. The van der Waals surface area contributed by atoms with Crippen LogP contribution >= 0.6 is 0 Å². The number of rotatable bonds is 2. The number of H-pyrrole nitrogens is 1. The summed E-state index contributed by atoms with van der Waals surface area (Å²) in [4.78, 5) is 40.8. The SMILES string of the molecule is COc1cc([C@@H]2C3=C(Nc4c2c(=O)[nH]c(=O)n4C)c2ccccc2C3=O)ccc1O. The standard InChI is InChI=1S/C22H17N3O5/c1-25-20-17(21(28)24-22(25)29)15(10-7-8-13(26)14(9-10)30-2)16-18(23-20)11-5-3-4-6-12(11)19(16)27/h3-9,15,23,26H,1-2H3,(H,24,28,29)/t15-/m1/s1. The van der Waals surface area contributed by atoms with Gasteiger partial charge < -0.3 is 15.2 Å². The van der Waals surface area contributed by atoms with Crippen molar-refractivity contribution in [1.29, 1.82) is 0 Å². The minimum Gasteiger partial charge on any atom is -0.504 e. The third kappa shape index (κ3) is 2.30. The van der Waals surface area contributed by atoms with Crippen molar-refractivity contribution in [2.45, 2.75) is 5.92 Å². The number of benzene rings is 2. The molecule has 8 heteroatoms. The lowest BCUT2D eigenvalue weighted by Gasteiger charge is -2.29. The van der Waals surface area contributed by atoms with E-state index in [9.17, 15) is 19.5 Å². The van der Waals surface area contributed by atoms with Gasteiger partial charge in [0, 0.05) is 29.7 Å². The number of hydrogen-bond donors (Lipinski definition) is 3. The molecule has 0 saturated carbocycles. The smallest absolute Gasteiger partial charge is 0.329 e. The molecule has 3 aromatic rings. The summed E-state index contributed by atoms with van der Waals surface area (Å²) in [6.07, 6.45) is 0. The van der Waals surface area contributed by atoms with Crippen molar-refractivity contribution >= 4 is 17.3 Å². The molecule has 0 bridgehead atoms. The first-order valence-corrected chi connectivity index (χ1v) is 9.27. The number of aromatic nitrogens is 2. The fraction of sp³-hybridized carbons (Fsp3) is 0.136. The number of carbonyl (C=O) groups excluding carboxylic acids is 1. The third-order valence-corrected chi connectivity index (χ3v) is 5.67. The van der Waals surface area contributed by atoms with E-state index < -0.39 is 17.2 Å². The van der Waals surface area contributed by atoms with Crippen molar-refractivity contribution < 1.29 is 14.6 Å². The van der Waals surface area contributed by atoms with Crippen LogP contribution in [0.3, 0.4) is 0 Å². The molecule has 2 aromatic carbocycles. The molecule has 150 valence electrons. The van der Waals surface area contributed by atoms with Crippen molar-refractivity contribution in [1.82, 2.24) is 9.55 Å². The Labute approximate surface area is 170 Å². The Morgan fingerprint density at radius 1 is 1.07 bits per heavy atom. The monoisotopic (exact) mass is 403 g/mol. The molecule has 0 saturated heterocycles. The number of fused-ring (bicyclic) bond motifs is 3. The second-order valence-corrected chi connectivity index (χ2v) is 7.23. The first kappa shape index (κ1) is 18.0. The van der Waals surface area contributed by atoms with Crippen molar-refractivity contribution in [3.05, 3.63) is 91.1 Å². The lowest BCUT2D eigenvalue weighted by Crippen LogP contribution is -2.37. The number of nitrogens with zero attached hydrogens (tertiary/aromatic N) is 1. The Kier molecular flexibility index (Phi) is 3.73. The highest BCUT2D eigenvalue weighted by molar-refractivity contribution is 6.23. The lowest BCUT2D eigenvalue weighted by molar-refractivity contribution is 0.103. The fourth-order valence-corrected chi connectivity index (χ4v) is 4.24. The summed E-state index contributed by atoms with van der Waals surface area (Å²) in [6.45, 7) is 0. The van der Waals surface area contributed by atoms with E-state index in [-0.39, 0.29) is 22.8 Å². The Balaban J connectivity index is 1.86. The molecule has 0 unspecified atom stereocenters. The van der Waals surface area contributed by atoms with Gasteiger partial charge in [0.1, 0.15) is 5.82 Å². The van der Waals surface area contributed by atoms with Gasteiger partial charge in [-0.3, -0.25) is 19.1 Å². The maximum Gasteiger partial charge on any atom is 0.329 e. The van der Waals surface area contributed by atoms with Gasteiger partial charge in [-0.2, -0.15) is 0 Å². The molecule has 1 aromatic heterocycles. The van der Waals surface area contributed by atoms with E-state index in [1.165, 1.54) is 17.7 Å². The molecule has 3 N–H and O–H groups in total. The molecule has 0 fully saturated rings. The molecule has 8 nitrogen and oxygen atoms in total. The van der Waals surface area contributed by atoms with Crippen LogP contribution in [0.1, 0.15) is 33.0 Å². The number of phenols is 1. The van der Waals surface area contributed by atoms with Gasteiger partial charge in [0.15, 0.2) is 17.3 Å². The highest BCUT2D eigenvalue weighted by Crippen LogP contribution is 2.48. The number of Topliss-reactive ketones (excluding diaryl/α,β-unsaturated/α-hetero) is 1. The number of methoxy groups -OCH3 is 1. The minimum absolute atomic E-state index is 0.0555. The normalized spacial score (nSPS) is 16.6. The zero-order chi connectivity index (χ0) is 21.2. The van der Waals surface area contributed by atoms with Gasteiger partial charge in [-0.25, -0.2) is 4.79 Å². The maximum absolute atomic E-state index is 13.3. The number of phenolic OH excluding ortho intramolecular Hbond substituents is 1. The number of ether oxygens (including phenoxy) is 1. The summed E-state index contributed by atoms with van der Waals surface area (Å²) in [5.74, 6) is -0.451. The first-order valence-electron chi connectivity index (χ1n) is 9.27. The van der Waals surface area contributed by atoms with Crippen molar-refractivity contribution in [2.24, 2.45) is 7.05 Å². The highest BCUT2D eigenvalue weighted by atomic mass is 16.5. The van der Waals surface area contributed by atoms with E-state index in [0.29, 0.717) is 33.8 Å². The molecule has 0 radical (unpaired) electrons. The largest absolute Gasteiger partial charge is 0.504 e. The molecular formula is C22H17N3O5. The van der Waals surface area contributed by atoms with E-state index in [0.717, 1.165) is 0 Å². The number of aromatic amines is 1. The molecule has 1 atom stereocenters. The molecule has 30 heavy (non-hydrogen) atoms. The van der Waals surface area contributed by atoms with Crippen molar-refractivity contribution in [3.8, 4) is 11.5 Å². The van der Waals surface area contributed by atoms with Crippen LogP contribution in [0.15, 0.2) is 57.6 Å². The average molecular weight is 403 g/mol. The second-order valence-electron chi connectivity index (χ2n) is 7.23. The molecule has 1 aliphatic carbocycles. The van der Waals surface area contributed by atoms with Gasteiger partial charge in [0.05, 0.1) is 18.4 Å². The minimum atomic E-state index is -0.749. The van der Waals surface area contributed by atoms with Gasteiger partial charge in [0.2, 0.25) is 0 Å². The summed E-state index contributed by atoms with van der Waals surface area (Å²) >= 11 is 0. The highest BCUT2D eigenvalue weighted by Gasteiger charge is 2.42. The van der Waals surface area contributed by atoms with Crippen molar-refractivity contribution in [2.75, 3.05) is 12.4 Å². The van der Waals surface area contributed by atoms with Gasteiger partial charge in [0.25, 0.3) is 5.56 Å².